The number of hydrogen-bond acceptors (Lipinski definition) is 0. The summed E-state index contributed by atoms with van der Waals surface area (Å²) in [5, 5.41) is 5.37. The summed E-state index contributed by atoms with van der Waals surface area (Å²) in [7, 11) is 0. The average molecular weight is 245 g/mol. The van der Waals surface area contributed by atoms with Crippen molar-refractivity contribution in [3.63, 3.8) is 0 Å². The molecule has 0 aliphatic carbocycles. The summed E-state index contributed by atoms with van der Waals surface area (Å²) >= 11 is 12.2. The monoisotopic (exact) mass is 244 g/mol. The Morgan fingerprint density at radius 2 is 1.94 bits per heavy atom. The van der Waals surface area contributed by atoms with Crippen molar-refractivity contribution in [2.24, 2.45) is 0 Å². The zero-order chi connectivity index (χ0) is 11.1. The summed E-state index contributed by atoms with van der Waals surface area (Å²) in [6, 6.07) is 17.7. The van der Waals surface area contributed by atoms with Crippen LogP contribution in [0.15, 0.2) is 36.4 Å². The second kappa shape index (κ2) is 3.65. The van der Waals surface area contributed by atoms with Gasteiger partial charge >= 0.3 is 0 Å². The van der Waals surface area contributed by atoms with Crippen LogP contribution in [-0.2, 0) is 0 Å². The Kier molecular flexibility index (Phi) is 2.27. The van der Waals surface area contributed by atoms with Crippen LogP contribution >= 0.6 is 23.2 Å². The van der Waals surface area contributed by atoms with E-state index in [1.165, 1.54) is 0 Å². The lowest BCUT2D eigenvalue weighted by molar-refractivity contribution is 1.74. The van der Waals surface area contributed by atoms with Gasteiger partial charge in [-0.25, -0.2) is 0 Å². The van der Waals surface area contributed by atoms with Crippen molar-refractivity contribution in [1.29, 1.82) is 0 Å². The van der Waals surface area contributed by atoms with Gasteiger partial charge in [-0.05, 0) is 34.4 Å². The first-order valence-corrected chi connectivity index (χ1v) is 5.61. The van der Waals surface area contributed by atoms with E-state index in [2.05, 4.69) is 12.1 Å². The summed E-state index contributed by atoms with van der Waals surface area (Å²) in [4.78, 5) is 0. The highest BCUT2D eigenvalue weighted by Crippen LogP contribution is 2.33. The molecule has 0 amide bonds. The number of fused-ring (bicyclic) bond motifs is 3. The number of halogens is 2. The zero-order valence-electron chi connectivity index (χ0n) is 8.22. The van der Waals surface area contributed by atoms with Crippen molar-refractivity contribution in [3.8, 4) is 0 Å². The predicted octanol–water partition coefficient (Wildman–Crippen LogP) is 4.90. The van der Waals surface area contributed by atoms with Crippen LogP contribution in [0.25, 0.3) is 21.5 Å². The van der Waals surface area contributed by atoms with E-state index >= 15 is 0 Å². The Morgan fingerprint density at radius 1 is 1.06 bits per heavy atom. The lowest BCUT2D eigenvalue weighted by Crippen LogP contribution is -1.79. The maximum Gasteiger partial charge on any atom is 0.0506 e. The molecule has 0 saturated heterocycles. The van der Waals surface area contributed by atoms with Crippen LogP contribution in [0.1, 0.15) is 0 Å². The molecule has 3 rings (SSSR count). The van der Waals surface area contributed by atoms with Gasteiger partial charge < -0.3 is 0 Å². The molecule has 0 bridgehead atoms. The van der Waals surface area contributed by atoms with Gasteiger partial charge in [0.2, 0.25) is 0 Å². The third kappa shape index (κ3) is 1.46. The quantitative estimate of drug-likeness (QED) is 0.494. The van der Waals surface area contributed by atoms with Gasteiger partial charge in [0.05, 0.1) is 10.0 Å². The standard InChI is InChI=1S/C14H6Cl2/c15-11-7-10-6-5-9-3-1-2-4-12(9)14(10)13(16)8-11/h2-6,8H. The fourth-order valence-electron chi connectivity index (χ4n) is 1.92. The first-order chi connectivity index (χ1) is 7.75. The topological polar surface area (TPSA) is 0 Å². The van der Waals surface area contributed by atoms with Crippen LogP contribution in [0, 0.1) is 12.1 Å². The fraction of sp³-hybridized carbons (Fsp3) is 0. The second-order valence-electron chi connectivity index (χ2n) is 3.60. The van der Waals surface area contributed by atoms with E-state index in [-0.39, 0.29) is 0 Å². The molecule has 3 aromatic carbocycles. The van der Waals surface area contributed by atoms with E-state index in [9.17, 15) is 0 Å². The molecule has 76 valence electrons. The minimum atomic E-state index is 0.541. The number of hydrogen-bond donors (Lipinski definition) is 0. The molecule has 16 heavy (non-hydrogen) atoms. The van der Waals surface area contributed by atoms with E-state index in [0.29, 0.717) is 10.0 Å². The molecule has 0 atom stereocenters. The molecular formula is C14H6Cl2. The van der Waals surface area contributed by atoms with Crippen molar-refractivity contribution in [2.45, 2.75) is 0 Å². The predicted molar refractivity (Wildman–Crippen MR) is 69.1 cm³/mol. The fourth-order valence-corrected chi connectivity index (χ4v) is 2.50. The van der Waals surface area contributed by atoms with Crippen LogP contribution in [0.3, 0.4) is 0 Å². The van der Waals surface area contributed by atoms with Crippen molar-refractivity contribution in [3.05, 3.63) is 58.6 Å². The first-order valence-electron chi connectivity index (χ1n) is 4.85. The molecule has 0 spiro atoms. The molecule has 0 nitrogen and oxygen atoms in total. The van der Waals surface area contributed by atoms with Gasteiger partial charge in [0.1, 0.15) is 0 Å². The Morgan fingerprint density at radius 3 is 2.81 bits per heavy atom. The van der Waals surface area contributed by atoms with Crippen LogP contribution < -0.4 is 0 Å². The lowest BCUT2D eigenvalue weighted by Gasteiger charge is -2.05. The van der Waals surface area contributed by atoms with Gasteiger partial charge in [0.15, 0.2) is 0 Å². The smallest absolute Gasteiger partial charge is 0.0506 e. The Balaban J connectivity index is 2.60. The summed E-state index contributed by atoms with van der Waals surface area (Å²) in [5.41, 5.74) is 0. The molecule has 0 aromatic heterocycles. The Hall–Kier alpha value is -1.24. The molecular weight excluding hydrogens is 239 g/mol. The molecule has 2 radical (unpaired) electrons. The van der Waals surface area contributed by atoms with Gasteiger partial charge in [-0.15, -0.1) is 0 Å². The van der Waals surface area contributed by atoms with Gasteiger partial charge in [-0.3, -0.25) is 0 Å². The molecule has 0 aliphatic heterocycles. The van der Waals surface area contributed by atoms with Gasteiger partial charge in [-0.1, -0.05) is 47.5 Å². The first kappa shape index (κ1) is 9.95. The van der Waals surface area contributed by atoms with Gasteiger partial charge in [0, 0.05) is 11.5 Å². The van der Waals surface area contributed by atoms with E-state index < -0.39 is 0 Å². The maximum absolute atomic E-state index is 6.23. The van der Waals surface area contributed by atoms with Crippen LogP contribution in [0.5, 0.6) is 0 Å². The highest BCUT2D eigenvalue weighted by atomic mass is 35.5. The van der Waals surface area contributed by atoms with Crippen molar-refractivity contribution < 1.29 is 0 Å². The van der Waals surface area contributed by atoms with Crippen LogP contribution in [0.4, 0.5) is 0 Å². The van der Waals surface area contributed by atoms with Crippen molar-refractivity contribution in [1.82, 2.24) is 0 Å². The van der Waals surface area contributed by atoms with Crippen LogP contribution in [-0.4, -0.2) is 0 Å². The molecule has 3 aromatic rings. The SMILES string of the molecule is Clc1[c]c2ccc3c[c]ccc3c2c(Cl)c1. The molecule has 0 N–H and O–H groups in total. The minimum Gasteiger partial charge on any atom is -0.0836 e. The number of rotatable bonds is 0. The zero-order valence-corrected chi connectivity index (χ0v) is 9.73. The van der Waals surface area contributed by atoms with Crippen molar-refractivity contribution in [2.75, 3.05) is 0 Å². The third-order valence-electron chi connectivity index (χ3n) is 2.61. The molecule has 0 fully saturated rings. The highest BCUT2D eigenvalue weighted by molar-refractivity contribution is 6.40. The lowest BCUT2D eigenvalue weighted by atomic mass is 10.0. The van der Waals surface area contributed by atoms with E-state index in [0.717, 1.165) is 21.5 Å². The number of benzene rings is 3. The van der Waals surface area contributed by atoms with E-state index in [4.69, 9.17) is 23.2 Å². The summed E-state index contributed by atoms with van der Waals surface area (Å²) < 4.78 is 0. The van der Waals surface area contributed by atoms with E-state index in [1.807, 2.05) is 30.3 Å². The second-order valence-corrected chi connectivity index (χ2v) is 4.41. The van der Waals surface area contributed by atoms with Crippen molar-refractivity contribution >= 4 is 44.7 Å². The molecule has 0 saturated carbocycles. The molecule has 2 heteroatoms. The summed E-state index contributed by atoms with van der Waals surface area (Å²) in [6.07, 6.45) is 0. The molecule has 0 aliphatic rings. The molecule has 0 heterocycles. The van der Waals surface area contributed by atoms with Gasteiger partial charge in [-0.2, -0.15) is 0 Å². The maximum atomic E-state index is 6.23. The molecule has 0 unspecified atom stereocenters. The highest BCUT2D eigenvalue weighted by Gasteiger charge is 2.05. The van der Waals surface area contributed by atoms with E-state index in [1.54, 1.807) is 6.07 Å². The van der Waals surface area contributed by atoms with Gasteiger partial charge in [0.25, 0.3) is 0 Å². The Bertz CT molecular complexity index is 687. The summed E-state index contributed by atoms with van der Waals surface area (Å²) in [5.74, 6) is 0. The largest absolute Gasteiger partial charge is 0.0836 e. The minimum absolute atomic E-state index is 0.541. The summed E-state index contributed by atoms with van der Waals surface area (Å²) in [6.45, 7) is 0. The average Bonchev–Trinajstić information content (AvgIpc) is 2.28. The Labute approximate surface area is 103 Å². The van der Waals surface area contributed by atoms with Crippen LogP contribution in [0.2, 0.25) is 10.0 Å². The normalized spacial score (nSPS) is 11.1. The third-order valence-corrected chi connectivity index (χ3v) is 3.11.